The van der Waals surface area contributed by atoms with Gasteiger partial charge in [0.05, 0.1) is 5.71 Å². The lowest BCUT2D eigenvalue weighted by Crippen LogP contribution is -2.30. The van der Waals surface area contributed by atoms with Crippen LogP contribution in [-0.2, 0) is 0 Å². The molecular formula is C26H31N. The molecule has 0 N–H and O–H groups in total. The zero-order valence-electron chi connectivity index (χ0n) is 17.4. The second kappa shape index (κ2) is 7.11. The molecule has 3 aliphatic rings. The Morgan fingerprint density at radius 2 is 1.33 bits per heavy atom. The number of benzene rings is 2. The van der Waals surface area contributed by atoms with Crippen LogP contribution in [0.5, 0.6) is 0 Å². The van der Waals surface area contributed by atoms with Crippen molar-refractivity contribution < 1.29 is 0 Å². The molecule has 140 valence electrons. The summed E-state index contributed by atoms with van der Waals surface area (Å²) in [4.78, 5) is 4.85. The second-order valence-corrected chi connectivity index (χ2v) is 8.55. The van der Waals surface area contributed by atoms with E-state index in [0.717, 1.165) is 0 Å². The summed E-state index contributed by atoms with van der Waals surface area (Å²) in [6.45, 7) is 8.83. The number of hydrogen-bond acceptors (Lipinski definition) is 1. The zero-order chi connectivity index (χ0) is 19.1. The maximum atomic E-state index is 4.85. The van der Waals surface area contributed by atoms with E-state index in [9.17, 15) is 0 Å². The van der Waals surface area contributed by atoms with Gasteiger partial charge in [-0.3, -0.25) is 4.99 Å². The third kappa shape index (κ3) is 3.18. The van der Waals surface area contributed by atoms with Gasteiger partial charge < -0.3 is 0 Å². The van der Waals surface area contributed by atoms with Gasteiger partial charge in [-0.2, -0.15) is 0 Å². The average Bonchev–Trinajstić information content (AvgIpc) is 2.68. The van der Waals surface area contributed by atoms with E-state index in [4.69, 9.17) is 4.99 Å². The van der Waals surface area contributed by atoms with Crippen molar-refractivity contribution in [2.45, 2.75) is 53.4 Å². The van der Waals surface area contributed by atoms with Crippen LogP contribution in [0, 0.1) is 39.5 Å². The molecule has 0 heterocycles. The molecule has 0 spiro atoms. The first-order valence-electron chi connectivity index (χ1n) is 10.4. The van der Waals surface area contributed by atoms with Gasteiger partial charge in [0.25, 0.3) is 0 Å². The first-order valence-corrected chi connectivity index (χ1v) is 10.4. The maximum Gasteiger partial charge on any atom is 0.0681 e. The van der Waals surface area contributed by atoms with Crippen LogP contribution in [0.15, 0.2) is 47.0 Å². The quantitative estimate of drug-likeness (QED) is 0.548. The molecule has 3 aliphatic carbocycles. The van der Waals surface area contributed by atoms with Gasteiger partial charge in [0, 0.05) is 12.6 Å². The van der Waals surface area contributed by atoms with Crippen LogP contribution < -0.4 is 0 Å². The van der Waals surface area contributed by atoms with Gasteiger partial charge in [-0.1, -0.05) is 30.3 Å². The molecule has 0 amide bonds. The lowest BCUT2D eigenvalue weighted by atomic mass is 9.63. The van der Waals surface area contributed by atoms with E-state index >= 15 is 0 Å². The van der Waals surface area contributed by atoms with Crippen molar-refractivity contribution in [2.75, 3.05) is 7.05 Å². The van der Waals surface area contributed by atoms with Crippen molar-refractivity contribution in [3.63, 3.8) is 0 Å². The van der Waals surface area contributed by atoms with Crippen LogP contribution >= 0.6 is 0 Å². The van der Waals surface area contributed by atoms with Crippen LogP contribution in [0.3, 0.4) is 0 Å². The van der Waals surface area contributed by atoms with Crippen molar-refractivity contribution in [1.82, 2.24) is 0 Å². The Hall–Kier alpha value is -2.15. The Balaban J connectivity index is 1.91. The van der Waals surface area contributed by atoms with Gasteiger partial charge in [-0.05, 0) is 110 Å². The van der Waals surface area contributed by atoms with Crippen molar-refractivity contribution in [2.24, 2.45) is 16.8 Å². The van der Waals surface area contributed by atoms with Gasteiger partial charge in [0.15, 0.2) is 0 Å². The van der Waals surface area contributed by atoms with Crippen molar-refractivity contribution in [1.29, 1.82) is 0 Å². The number of aliphatic imine (C=N–C) groups is 1. The molecule has 2 bridgehead atoms. The SMILES string of the molecule is C/N=C(\C1=C(c2ccc(C)c(C)c2)C2CCC1CC2)c1ccc(C)c(C)c1. The maximum absolute atomic E-state index is 4.85. The number of rotatable bonds is 3. The zero-order valence-corrected chi connectivity index (χ0v) is 17.4. The highest BCUT2D eigenvalue weighted by molar-refractivity contribution is 6.17. The number of allylic oxidation sites excluding steroid dienone is 2. The van der Waals surface area contributed by atoms with Crippen LogP contribution in [-0.4, -0.2) is 12.8 Å². The molecule has 1 nitrogen and oxygen atoms in total. The minimum absolute atomic E-state index is 0.659. The highest BCUT2D eigenvalue weighted by atomic mass is 14.7. The summed E-state index contributed by atoms with van der Waals surface area (Å²) in [5, 5.41) is 0. The summed E-state index contributed by atoms with van der Waals surface area (Å²) in [6, 6.07) is 13.9. The number of fused-ring (bicyclic) bond motifs is 2. The average molecular weight is 358 g/mol. The Morgan fingerprint density at radius 1 is 0.741 bits per heavy atom. The minimum atomic E-state index is 0.659. The van der Waals surface area contributed by atoms with E-state index in [1.807, 2.05) is 7.05 Å². The molecule has 0 atom stereocenters. The van der Waals surface area contributed by atoms with E-state index < -0.39 is 0 Å². The highest BCUT2D eigenvalue weighted by Crippen LogP contribution is 2.50. The number of hydrogen-bond donors (Lipinski definition) is 0. The van der Waals surface area contributed by atoms with E-state index in [2.05, 4.69) is 64.1 Å². The van der Waals surface area contributed by atoms with Crippen molar-refractivity contribution in [3.8, 4) is 0 Å². The van der Waals surface area contributed by atoms with Gasteiger partial charge in [0.1, 0.15) is 0 Å². The fraction of sp³-hybridized carbons (Fsp3) is 0.423. The Bertz CT molecular complexity index is 937. The Labute approximate surface area is 164 Å². The third-order valence-electron chi connectivity index (χ3n) is 6.91. The predicted molar refractivity (Wildman–Crippen MR) is 117 cm³/mol. The fourth-order valence-electron chi connectivity index (χ4n) is 5.03. The summed E-state index contributed by atoms with van der Waals surface area (Å²) < 4.78 is 0. The van der Waals surface area contributed by atoms with Gasteiger partial charge in [0.2, 0.25) is 0 Å². The summed E-state index contributed by atoms with van der Waals surface area (Å²) in [5.41, 5.74) is 12.5. The van der Waals surface area contributed by atoms with Crippen molar-refractivity contribution in [3.05, 3.63) is 75.4 Å². The molecule has 27 heavy (non-hydrogen) atoms. The van der Waals surface area contributed by atoms with E-state index in [-0.39, 0.29) is 0 Å². The van der Waals surface area contributed by atoms with Crippen molar-refractivity contribution >= 4 is 11.3 Å². The van der Waals surface area contributed by atoms with Crippen LogP contribution in [0.1, 0.15) is 59.1 Å². The normalized spacial score (nSPS) is 22.5. The Morgan fingerprint density at radius 3 is 1.93 bits per heavy atom. The summed E-state index contributed by atoms with van der Waals surface area (Å²) in [7, 11) is 1.97. The molecule has 1 saturated carbocycles. The topological polar surface area (TPSA) is 12.4 Å². The van der Waals surface area contributed by atoms with E-state index in [1.54, 1.807) is 5.57 Å². The second-order valence-electron chi connectivity index (χ2n) is 8.55. The molecule has 2 aromatic rings. The lowest BCUT2D eigenvalue weighted by Gasteiger charge is -2.41. The smallest absolute Gasteiger partial charge is 0.0681 e. The first kappa shape index (κ1) is 18.2. The predicted octanol–water partition coefficient (Wildman–Crippen LogP) is 6.61. The van der Waals surface area contributed by atoms with E-state index in [0.29, 0.717) is 11.8 Å². The monoisotopic (exact) mass is 357 g/mol. The van der Waals surface area contributed by atoms with Gasteiger partial charge >= 0.3 is 0 Å². The first-order chi connectivity index (χ1) is 13.0. The van der Waals surface area contributed by atoms with Crippen LogP contribution in [0.2, 0.25) is 0 Å². The molecule has 0 aromatic heterocycles. The number of nitrogens with zero attached hydrogens (tertiary/aromatic N) is 1. The summed E-state index contributed by atoms with van der Waals surface area (Å²) >= 11 is 0. The summed E-state index contributed by atoms with van der Waals surface area (Å²) in [6.07, 6.45) is 5.30. The highest BCUT2D eigenvalue weighted by Gasteiger charge is 2.37. The fourth-order valence-corrected chi connectivity index (χ4v) is 5.03. The molecule has 0 unspecified atom stereocenters. The Kier molecular flexibility index (Phi) is 4.80. The molecule has 2 aromatic carbocycles. The van der Waals surface area contributed by atoms with Gasteiger partial charge in [-0.25, -0.2) is 0 Å². The largest absolute Gasteiger partial charge is 0.288 e. The standard InChI is InChI=1S/C26H31N/c1-16-6-8-22(14-18(16)3)24-20-10-12-21(13-11-20)25(24)26(27-5)23-9-7-17(2)19(4)15-23/h6-9,14-15,20-21H,10-13H2,1-5H3/b27-26-. The molecular weight excluding hydrogens is 326 g/mol. The van der Waals surface area contributed by atoms with Crippen LogP contribution in [0.4, 0.5) is 0 Å². The molecule has 5 rings (SSSR count). The molecule has 0 radical (unpaired) electrons. The van der Waals surface area contributed by atoms with Gasteiger partial charge in [-0.15, -0.1) is 0 Å². The van der Waals surface area contributed by atoms with Crippen LogP contribution in [0.25, 0.3) is 5.57 Å². The molecule has 0 saturated heterocycles. The minimum Gasteiger partial charge on any atom is -0.288 e. The summed E-state index contributed by atoms with van der Waals surface area (Å²) in [5.74, 6) is 1.35. The lowest BCUT2D eigenvalue weighted by molar-refractivity contribution is 0.332. The number of aryl methyl sites for hydroxylation is 4. The van der Waals surface area contributed by atoms with E-state index in [1.165, 1.54) is 70.3 Å². The third-order valence-corrected chi connectivity index (χ3v) is 6.91. The molecule has 1 heteroatoms. The molecule has 1 fully saturated rings. The molecule has 0 aliphatic heterocycles.